The van der Waals surface area contributed by atoms with Crippen LogP contribution in [0.5, 0.6) is 0 Å². The highest BCUT2D eigenvalue weighted by molar-refractivity contribution is 7.91. The van der Waals surface area contributed by atoms with Crippen molar-refractivity contribution < 1.29 is 8.42 Å². The van der Waals surface area contributed by atoms with Gasteiger partial charge in [-0.2, -0.15) is 0 Å². The van der Waals surface area contributed by atoms with Crippen LogP contribution < -0.4 is 11.3 Å². The van der Waals surface area contributed by atoms with Crippen molar-refractivity contribution in [2.75, 3.05) is 18.1 Å². The summed E-state index contributed by atoms with van der Waals surface area (Å²) in [7, 11) is -2.87. The lowest BCUT2D eigenvalue weighted by Crippen LogP contribution is -2.23. The zero-order chi connectivity index (χ0) is 12.5. The topological polar surface area (TPSA) is 109 Å². The van der Waals surface area contributed by atoms with Crippen LogP contribution in [0.4, 0.5) is 0 Å². The van der Waals surface area contributed by atoms with Crippen LogP contribution in [-0.2, 0) is 16.3 Å². The van der Waals surface area contributed by atoms with Crippen molar-refractivity contribution in [1.29, 1.82) is 0 Å². The predicted octanol–water partition coefficient (Wildman–Crippen LogP) is -0.504. The SMILES string of the molecule is NCCc1c(C2CCS(=O)(=O)CC2)[nH][nH]c1=O. The smallest absolute Gasteiger partial charge is 0.267 e. The van der Waals surface area contributed by atoms with E-state index in [1.54, 1.807) is 0 Å². The molecule has 96 valence electrons. The van der Waals surface area contributed by atoms with Crippen molar-refractivity contribution in [2.24, 2.45) is 5.73 Å². The first kappa shape index (κ1) is 12.4. The molecule has 7 heteroatoms. The molecule has 0 spiro atoms. The van der Waals surface area contributed by atoms with Crippen molar-refractivity contribution in [2.45, 2.75) is 25.2 Å². The molecule has 0 radical (unpaired) electrons. The molecule has 1 aromatic heterocycles. The number of nitrogens with one attached hydrogen (secondary N) is 2. The van der Waals surface area contributed by atoms with Gasteiger partial charge in [0.05, 0.1) is 11.5 Å². The molecule has 0 amide bonds. The molecule has 2 rings (SSSR count). The van der Waals surface area contributed by atoms with E-state index in [2.05, 4.69) is 10.2 Å². The monoisotopic (exact) mass is 259 g/mol. The predicted molar refractivity (Wildman–Crippen MR) is 64.8 cm³/mol. The van der Waals surface area contributed by atoms with Crippen LogP contribution >= 0.6 is 0 Å². The lowest BCUT2D eigenvalue weighted by molar-refractivity contribution is 0.542. The second-order valence-electron chi connectivity index (χ2n) is 4.44. The second-order valence-corrected chi connectivity index (χ2v) is 6.74. The Hall–Kier alpha value is -1.08. The number of aromatic amines is 2. The van der Waals surface area contributed by atoms with E-state index in [0.29, 0.717) is 31.4 Å². The Bertz CT molecular complexity index is 529. The van der Waals surface area contributed by atoms with Crippen LogP contribution in [0.15, 0.2) is 4.79 Å². The molecule has 1 fully saturated rings. The van der Waals surface area contributed by atoms with E-state index >= 15 is 0 Å². The fourth-order valence-corrected chi connectivity index (χ4v) is 3.81. The number of H-pyrrole nitrogens is 2. The average Bonchev–Trinajstić information content (AvgIpc) is 2.62. The van der Waals surface area contributed by atoms with Gasteiger partial charge in [0, 0.05) is 17.2 Å². The number of nitrogens with two attached hydrogens (primary N) is 1. The molecule has 1 saturated heterocycles. The number of hydrogen-bond acceptors (Lipinski definition) is 4. The van der Waals surface area contributed by atoms with Gasteiger partial charge in [0.2, 0.25) is 0 Å². The van der Waals surface area contributed by atoms with E-state index in [4.69, 9.17) is 5.73 Å². The summed E-state index contributed by atoms with van der Waals surface area (Å²) in [4.78, 5) is 11.5. The van der Waals surface area contributed by atoms with Gasteiger partial charge < -0.3 is 10.8 Å². The largest absolute Gasteiger partial charge is 0.330 e. The molecule has 1 aromatic rings. The van der Waals surface area contributed by atoms with Gasteiger partial charge >= 0.3 is 0 Å². The summed E-state index contributed by atoms with van der Waals surface area (Å²) >= 11 is 0. The molecular weight excluding hydrogens is 242 g/mol. The third kappa shape index (κ3) is 2.61. The standard InChI is InChI=1S/C10H17N3O3S/c11-4-1-8-9(12-13-10(8)14)7-2-5-17(15,16)6-3-7/h7H,1-6,11H2,(H2,12,13,14). The lowest BCUT2D eigenvalue weighted by Gasteiger charge is -2.21. The maximum atomic E-state index is 11.5. The van der Waals surface area contributed by atoms with E-state index in [0.717, 1.165) is 5.69 Å². The molecule has 0 atom stereocenters. The minimum atomic E-state index is -2.87. The molecule has 0 aromatic carbocycles. The second kappa shape index (κ2) is 4.66. The van der Waals surface area contributed by atoms with Crippen molar-refractivity contribution in [3.8, 4) is 0 Å². The molecule has 0 bridgehead atoms. The first-order valence-electron chi connectivity index (χ1n) is 5.73. The number of hydrogen-bond donors (Lipinski definition) is 3. The van der Waals surface area contributed by atoms with Gasteiger partial charge in [-0.1, -0.05) is 0 Å². The molecule has 1 aliphatic heterocycles. The fraction of sp³-hybridized carbons (Fsp3) is 0.700. The molecule has 0 saturated carbocycles. The summed E-state index contributed by atoms with van der Waals surface area (Å²) in [5, 5.41) is 5.42. The van der Waals surface area contributed by atoms with Gasteiger partial charge in [-0.25, -0.2) is 8.42 Å². The highest BCUT2D eigenvalue weighted by Gasteiger charge is 2.27. The number of rotatable bonds is 3. The molecule has 1 aliphatic rings. The van der Waals surface area contributed by atoms with Gasteiger partial charge in [0.15, 0.2) is 0 Å². The van der Waals surface area contributed by atoms with Crippen LogP contribution in [-0.4, -0.2) is 36.7 Å². The van der Waals surface area contributed by atoms with E-state index in [9.17, 15) is 13.2 Å². The average molecular weight is 259 g/mol. The Kier molecular flexibility index (Phi) is 3.39. The van der Waals surface area contributed by atoms with Crippen LogP contribution in [0.2, 0.25) is 0 Å². The van der Waals surface area contributed by atoms with E-state index in [1.807, 2.05) is 0 Å². The lowest BCUT2D eigenvalue weighted by atomic mass is 9.95. The number of sulfone groups is 1. The zero-order valence-electron chi connectivity index (χ0n) is 9.53. The Morgan fingerprint density at radius 3 is 2.47 bits per heavy atom. The van der Waals surface area contributed by atoms with Gasteiger partial charge in [-0.05, 0) is 25.8 Å². The Morgan fingerprint density at radius 1 is 1.24 bits per heavy atom. The first-order valence-corrected chi connectivity index (χ1v) is 7.55. The summed E-state index contributed by atoms with van der Waals surface area (Å²) in [6.07, 6.45) is 1.68. The highest BCUT2D eigenvalue weighted by Crippen LogP contribution is 2.28. The van der Waals surface area contributed by atoms with Crippen LogP contribution in [0.25, 0.3) is 0 Å². The van der Waals surface area contributed by atoms with Gasteiger partial charge in [0.1, 0.15) is 9.84 Å². The van der Waals surface area contributed by atoms with E-state index in [-0.39, 0.29) is 23.0 Å². The third-order valence-electron chi connectivity index (χ3n) is 3.27. The van der Waals surface area contributed by atoms with Gasteiger partial charge in [-0.3, -0.25) is 9.89 Å². The zero-order valence-corrected chi connectivity index (χ0v) is 10.3. The Labute approximate surface area is 99.5 Å². The molecule has 2 heterocycles. The first-order chi connectivity index (χ1) is 8.03. The fourth-order valence-electron chi connectivity index (χ4n) is 2.32. The van der Waals surface area contributed by atoms with Crippen LogP contribution in [0, 0.1) is 0 Å². The van der Waals surface area contributed by atoms with Crippen LogP contribution in [0.1, 0.15) is 30.0 Å². The highest BCUT2D eigenvalue weighted by atomic mass is 32.2. The normalized spacial score (nSPS) is 20.5. The molecule has 0 aliphatic carbocycles. The van der Waals surface area contributed by atoms with Gasteiger partial charge in [-0.15, -0.1) is 0 Å². The molecule has 4 N–H and O–H groups in total. The Morgan fingerprint density at radius 2 is 1.88 bits per heavy atom. The van der Waals surface area contributed by atoms with Crippen molar-refractivity contribution in [1.82, 2.24) is 10.2 Å². The molecule has 17 heavy (non-hydrogen) atoms. The maximum absolute atomic E-state index is 11.5. The van der Waals surface area contributed by atoms with E-state index < -0.39 is 9.84 Å². The molecule has 0 unspecified atom stereocenters. The summed E-state index contributed by atoms with van der Waals surface area (Å²) in [5.74, 6) is 0.527. The minimum Gasteiger partial charge on any atom is -0.330 e. The van der Waals surface area contributed by atoms with Crippen molar-refractivity contribution in [3.05, 3.63) is 21.6 Å². The minimum absolute atomic E-state index is 0.124. The van der Waals surface area contributed by atoms with Crippen LogP contribution in [0.3, 0.4) is 0 Å². The maximum Gasteiger partial charge on any atom is 0.267 e. The number of aromatic nitrogens is 2. The van der Waals surface area contributed by atoms with E-state index in [1.165, 1.54) is 0 Å². The van der Waals surface area contributed by atoms with Gasteiger partial charge in [0.25, 0.3) is 5.56 Å². The summed E-state index contributed by atoms with van der Waals surface area (Å²) in [5.41, 5.74) is 6.85. The Balaban J connectivity index is 2.21. The van der Waals surface area contributed by atoms with Crippen molar-refractivity contribution in [3.63, 3.8) is 0 Å². The summed E-state index contributed by atoms with van der Waals surface area (Å²) < 4.78 is 22.7. The van der Waals surface area contributed by atoms with Crippen molar-refractivity contribution >= 4 is 9.84 Å². The molecular formula is C10H17N3O3S. The third-order valence-corrected chi connectivity index (χ3v) is 4.98. The molecule has 6 nitrogen and oxygen atoms in total. The summed E-state index contributed by atoms with van der Waals surface area (Å²) in [6.45, 7) is 0.416. The summed E-state index contributed by atoms with van der Waals surface area (Å²) in [6, 6.07) is 0. The quantitative estimate of drug-likeness (QED) is 0.679.